The second-order valence-corrected chi connectivity index (χ2v) is 8.04. The molecule has 1 aromatic heterocycles. The zero-order chi connectivity index (χ0) is 17.6. The number of sulfonamides is 1. The first-order valence-corrected chi connectivity index (χ1v) is 10.2. The van der Waals surface area contributed by atoms with Crippen LogP contribution in [0, 0.1) is 0 Å². The predicted molar refractivity (Wildman–Crippen MR) is 99.4 cm³/mol. The van der Waals surface area contributed by atoms with E-state index in [0.29, 0.717) is 5.69 Å². The number of carbonyl (C=O) groups excluding carboxylic acids is 1. The molecule has 0 saturated carbocycles. The van der Waals surface area contributed by atoms with Crippen LogP contribution in [0.15, 0.2) is 47.9 Å². The molecule has 2 aromatic rings. The first-order chi connectivity index (χ1) is 11.4. The van der Waals surface area contributed by atoms with E-state index in [0.717, 1.165) is 23.1 Å². The van der Waals surface area contributed by atoms with Crippen LogP contribution in [-0.2, 0) is 14.8 Å². The highest BCUT2D eigenvalue weighted by molar-refractivity contribution is 7.92. The largest absolute Gasteiger partial charge is 0.345 e. The van der Waals surface area contributed by atoms with Gasteiger partial charge in [0.1, 0.15) is 0 Å². The van der Waals surface area contributed by atoms with Crippen LogP contribution in [0.3, 0.4) is 0 Å². The molecule has 2 rings (SSSR count). The number of anilines is 1. The highest BCUT2D eigenvalue weighted by Crippen LogP contribution is 2.21. The Morgan fingerprint density at radius 3 is 2.50 bits per heavy atom. The number of hydrogen-bond acceptors (Lipinski definition) is 4. The van der Waals surface area contributed by atoms with Crippen molar-refractivity contribution in [2.45, 2.75) is 19.4 Å². The van der Waals surface area contributed by atoms with E-state index < -0.39 is 10.0 Å². The van der Waals surface area contributed by atoms with Crippen LogP contribution in [0.4, 0.5) is 5.69 Å². The van der Waals surface area contributed by atoms with E-state index in [1.807, 2.05) is 24.4 Å². The van der Waals surface area contributed by atoms with Crippen LogP contribution >= 0.6 is 11.3 Å². The highest BCUT2D eigenvalue weighted by atomic mass is 32.2. The fourth-order valence-electron chi connectivity index (χ4n) is 2.13. The number of amides is 1. The van der Waals surface area contributed by atoms with Crippen LogP contribution in [0.25, 0.3) is 6.08 Å². The smallest absolute Gasteiger partial charge is 0.244 e. The molecule has 0 radical (unpaired) electrons. The maximum atomic E-state index is 12.1. The molecule has 128 valence electrons. The maximum absolute atomic E-state index is 12.1. The van der Waals surface area contributed by atoms with Gasteiger partial charge in [0, 0.05) is 16.6 Å². The van der Waals surface area contributed by atoms with Gasteiger partial charge < -0.3 is 5.32 Å². The minimum atomic E-state index is -3.28. The Hall–Kier alpha value is -2.12. The van der Waals surface area contributed by atoms with Crippen molar-refractivity contribution in [2.24, 2.45) is 0 Å². The van der Waals surface area contributed by atoms with E-state index in [1.165, 1.54) is 6.08 Å². The molecule has 1 amide bonds. The van der Waals surface area contributed by atoms with Crippen molar-refractivity contribution < 1.29 is 13.2 Å². The normalized spacial score (nSPS) is 12.9. The lowest BCUT2D eigenvalue weighted by atomic mass is 10.1. The second kappa shape index (κ2) is 8.12. The summed E-state index contributed by atoms with van der Waals surface area (Å²) in [6.07, 6.45) is 5.10. The van der Waals surface area contributed by atoms with E-state index in [4.69, 9.17) is 0 Å². The Labute approximate surface area is 146 Å². The lowest BCUT2D eigenvalue weighted by Gasteiger charge is -2.13. The molecule has 0 aliphatic carbocycles. The van der Waals surface area contributed by atoms with Crippen molar-refractivity contribution in [2.75, 3.05) is 11.0 Å². The first kappa shape index (κ1) is 18.2. The molecule has 7 heteroatoms. The van der Waals surface area contributed by atoms with Crippen molar-refractivity contribution >= 4 is 39.0 Å². The summed E-state index contributed by atoms with van der Waals surface area (Å²) in [5.74, 6) is -0.159. The van der Waals surface area contributed by atoms with E-state index in [9.17, 15) is 13.2 Å². The highest BCUT2D eigenvalue weighted by Gasteiger charge is 2.11. The van der Waals surface area contributed by atoms with Crippen molar-refractivity contribution in [3.05, 3.63) is 58.3 Å². The van der Waals surface area contributed by atoms with E-state index in [1.54, 1.807) is 41.7 Å². The van der Waals surface area contributed by atoms with Gasteiger partial charge in [-0.3, -0.25) is 9.52 Å². The molecule has 0 aliphatic rings. The quantitative estimate of drug-likeness (QED) is 0.740. The molecule has 0 bridgehead atoms. The summed E-state index contributed by atoms with van der Waals surface area (Å²) in [4.78, 5) is 13.2. The van der Waals surface area contributed by atoms with Crippen molar-refractivity contribution in [1.82, 2.24) is 5.32 Å². The topological polar surface area (TPSA) is 75.3 Å². The minimum absolute atomic E-state index is 0.0171. The minimum Gasteiger partial charge on any atom is -0.345 e. The Morgan fingerprint density at radius 1 is 1.25 bits per heavy atom. The van der Waals surface area contributed by atoms with Gasteiger partial charge in [0.05, 0.1) is 12.3 Å². The standard InChI is InChI=1S/C17H20N2O3S2/c1-3-15(16-5-4-12-23-16)18-17(20)11-8-13-6-9-14(10-7-13)19-24(2,21)22/h4-12,15,19H,3H2,1-2H3,(H,18,20). The van der Waals surface area contributed by atoms with Gasteiger partial charge in [0.25, 0.3) is 0 Å². The first-order valence-electron chi connectivity index (χ1n) is 7.47. The molecule has 0 saturated heterocycles. The molecule has 0 aliphatic heterocycles. The number of nitrogens with one attached hydrogen (secondary N) is 2. The summed E-state index contributed by atoms with van der Waals surface area (Å²) in [7, 11) is -3.28. The summed E-state index contributed by atoms with van der Waals surface area (Å²) in [6, 6.07) is 10.8. The number of hydrogen-bond donors (Lipinski definition) is 2. The molecular weight excluding hydrogens is 344 g/mol. The van der Waals surface area contributed by atoms with Gasteiger partial charge in [-0.25, -0.2) is 8.42 Å². The zero-order valence-electron chi connectivity index (χ0n) is 13.5. The Bertz CT molecular complexity index is 795. The van der Waals surface area contributed by atoms with Gasteiger partial charge in [0.15, 0.2) is 0 Å². The van der Waals surface area contributed by atoms with Gasteiger partial charge in [-0.15, -0.1) is 11.3 Å². The molecule has 0 fully saturated rings. The Morgan fingerprint density at radius 2 is 1.96 bits per heavy atom. The molecule has 1 heterocycles. The predicted octanol–water partition coefficient (Wildman–Crippen LogP) is 3.40. The molecule has 5 nitrogen and oxygen atoms in total. The van der Waals surface area contributed by atoms with Gasteiger partial charge in [0.2, 0.25) is 15.9 Å². The number of thiophene rings is 1. The van der Waals surface area contributed by atoms with Crippen LogP contribution in [0.1, 0.15) is 29.8 Å². The van der Waals surface area contributed by atoms with Gasteiger partial charge >= 0.3 is 0 Å². The van der Waals surface area contributed by atoms with E-state index in [-0.39, 0.29) is 11.9 Å². The summed E-state index contributed by atoms with van der Waals surface area (Å²) >= 11 is 1.62. The van der Waals surface area contributed by atoms with Gasteiger partial charge in [-0.1, -0.05) is 25.1 Å². The van der Waals surface area contributed by atoms with Gasteiger partial charge in [-0.05, 0) is 41.6 Å². The third kappa shape index (κ3) is 5.82. The van der Waals surface area contributed by atoms with Crippen LogP contribution in [0.2, 0.25) is 0 Å². The van der Waals surface area contributed by atoms with Crippen molar-refractivity contribution in [3.8, 4) is 0 Å². The Kier molecular flexibility index (Phi) is 6.16. The lowest BCUT2D eigenvalue weighted by Crippen LogP contribution is -2.25. The molecule has 0 spiro atoms. The average Bonchev–Trinajstić information content (AvgIpc) is 3.04. The SMILES string of the molecule is CCC(NC(=O)C=Cc1ccc(NS(C)(=O)=O)cc1)c1cccs1. The summed E-state index contributed by atoms with van der Waals surface area (Å²) in [5.41, 5.74) is 1.30. The number of carbonyl (C=O) groups is 1. The average molecular weight is 364 g/mol. The second-order valence-electron chi connectivity index (χ2n) is 5.31. The van der Waals surface area contributed by atoms with Gasteiger partial charge in [-0.2, -0.15) is 0 Å². The van der Waals surface area contributed by atoms with Crippen LogP contribution < -0.4 is 10.0 Å². The Balaban J connectivity index is 1.96. The summed E-state index contributed by atoms with van der Waals surface area (Å²) in [5, 5.41) is 4.97. The lowest BCUT2D eigenvalue weighted by molar-refractivity contribution is -0.117. The number of rotatable bonds is 7. The van der Waals surface area contributed by atoms with Crippen LogP contribution in [0.5, 0.6) is 0 Å². The maximum Gasteiger partial charge on any atom is 0.244 e. The third-order valence-electron chi connectivity index (χ3n) is 3.25. The fourth-order valence-corrected chi connectivity index (χ4v) is 3.56. The van der Waals surface area contributed by atoms with Crippen molar-refractivity contribution in [3.63, 3.8) is 0 Å². The molecular formula is C17H20N2O3S2. The van der Waals surface area contributed by atoms with Crippen LogP contribution in [-0.4, -0.2) is 20.6 Å². The zero-order valence-corrected chi connectivity index (χ0v) is 15.2. The molecule has 1 aromatic carbocycles. The fraction of sp³-hybridized carbons (Fsp3) is 0.235. The van der Waals surface area contributed by atoms with E-state index in [2.05, 4.69) is 10.0 Å². The molecule has 24 heavy (non-hydrogen) atoms. The molecule has 2 N–H and O–H groups in total. The summed E-state index contributed by atoms with van der Waals surface area (Å²) < 4.78 is 24.7. The van der Waals surface area contributed by atoms with Crippen molar-refractivity contribution in [1.29, 1.82) is 0 Å². The molecule has 1 atom stereocenters. The monoisotopic (exact) mass is 364 g/mol. The summed E-state index contributed by atoms with van der Waals surface area (Å²) in [6.45, 7) is 2.03. The number of benzene rings is 1. The molecule has 1 unspecified atom stereocenters. The van der Waals surface area contributed by atoms with E-state index >= 15 is 0 Å². The third-order valence-corrected chi connectivity index (χ3v) is 4.84.